The van der Waals surface area contributed by atoms with E-state index in [0.717, 1.165) is 15.7 Å². The van der Waals surface area contributed by atoms with Crippen LogP contribution in [0.25, 0.3) is 0 Å². The summed E-state index contributed by atoms with van der Waals surface area (Å²) in [6.45, 7) is 2.11. The van der Waals surface area contributed by atoms with Crippen molar-refractivity contribution in [3.8, 4) is 0 Å². The fraction of sp³-hybridized carbons (Fsp3) is 0.111. The van der Waals surface area contributed by atoms with Crippen LogP contribution in [-0.2, 0) is 6.54 Å². The molecule has 2 heterocycles. The molecule has 3 aromatic rings. The van der Waals surface area contributed by atoms with Gasteiger partial charge >= 0.3 is 5.69 Å². The quantitative estimate of drug-likeness (QED) is 0.357. The molecule has 28 heavy (non-hydrogen) atoms. The third-order valence-corrected chi connectivity index (χ3v) is 4.15. The maximum absolute atomic E-state index is 12.3. The molecule has 142 valence electrons. The number of pyridine rings is 1. The van der Waals surface area contributed by atoms with E-state index in [1.807, 2.05) is 37.3 Å². The number of halogens is 1. The number of carbonyl (C=O) groups excluding carboxylic acids is 1. The summed E-state index contributed by atoms with van der Waals surface area (Å²) < 4.78 is 2.23. The zero-order chi connectivity index (χ0) is 20.1. The molecule has 0 fully saturated rings. The van der Waals surface area contributed by atoms with Crippen LogP contribution in [0.2, 0.25) is 0 Å². The molecule has 0 aliphatic rings. The molecule has 1 amide bonds. The first kappa shape index (κ1) is 19.4. The summed E-state index contributed by atoms with van der Waals surface area (Å²) in [7, 11) is 0. The number of amides is 1. The number of rotatable bonds is 6. The van der Waals surface area contributed by atoms with Gasteiger partial charge in [-0.2, -0.15) is 10.2 Å². The monoisotopic (exact) mass is 442 g/mol. The molecule has 0 saturated heterocycles. The van der Waals surface area contributed by atoms with Crippen LogP contribution in [0.3, 0.4) is 0 Å². The Balaban J connectivity index is 1.77. The van der Waals surface area contributed by atoms with E-state index >= 15 is 0 Å². The highest BCUT2D eigenvalue weighted by atomic mass is 79.9. The standard InChI is InChI=1S/C18H15BrN6O3/c1-12-4-2-7-15(21-12)9-20-22-18(26)17-16(25(27)28)11-24(23-17)10-13-5-3-6-14(19)8-13/h2-9,11H,10H2,1H3,(H,22,26). The smallest absolute Gasteiger partial charge is 0.265 e. The van der Waals surface area contributed by atoms with Crippen LogP contribution in [-0.4, -0.2) is 31.8 Å². The molecule has 0 radical (unpaired) electrons. The van der Waals surface area contributed by atoms with E-state index in [-0.39, 0.29) is 12.2 Å². The number of carbonyl (C=O) groups is 1. The molecule has 0 bridgehead atoms. The Morgan fingerprint density at radius 2 is 2.14 bits per heavy atom. The number of benzene rings is 1. The highest BCUT2D eigenvalue weighted by Gasteiger charge is 2.25. The topological polar surface area (TPSA) is 115 Å². The van der Waals surface area contributed by atoms with Crippen molar-refractivity contribution in [1.29, 1.82) is 0 Å². The van der Waals surface area contributed by atoms with E-state index in [2.05, 4.69) is 36.5 Å². The number of aryl methyl sites for hydroxylation is 1. The number of nitro groups is 1. The van der Waals surface area contributed by atoms with Crippen LogP contribution < -0.4 is 5.43 Å². The van der Waals surface area contributed by atoms with E-state index in [1.54, 1.807) is 12.1 Å². The molecule has 0 atom stereocenters. The van der Waals surface area contributed by atoms with Crippen molar-refractivity contribution in [2.24, 2.45) is 5.10 Å². The number of hydrogen-bond acceptors (Lipinski definition) is 6. The lowest BCUT2D eigenvalue weighted by atomic mass is 10.2. The molecule has 2 aromatic heterocycles. The number of hydrazone groups is 1. The van der Waals surface area contributed by atoms with Crippen molar-refractivity contribution in [2.45, 2.75) is 13.5 Å². The summed E-state index contributed by atoms with van der Waals surface area (Å²) in [5.74, 6) is -0.774. The van der Waals surface area contributed by atoms with Gasteiger partial charge in [0, 0.05) is 10.2 Å². The molecule has 10 heteroatoms. The third kappa shape index (κ3) is 4.86. The lowest BCUT2D eigenvalue weighted by molar-refractivity contribution is -0.385. The fourth-order valence-corrected chi connectivity index (χ4v) is 2.90. The van der Waals surface area contributed by atoms with Gasteiger partial charge in [-0.15, -0.1) is 0 Å². The van der Waals surface area contributed by atoms with Crippen LogP contribution in [0.1, 0.15) is 27.4 Å². The predicted octanol–water partition coefficient (Wildman–Crippen LogP) is 3.07. The molecule has 0 aliphatic heterocycles. The molecule has 0 spiro atoms. The number of aromatic nitrogens is 3. The summed E-state index contributed by atoms with van der Waals surface area (Å²) in [4.78, 5) is 27.2. The number of nitrogens with one attached hydrogen (secondary N) is 1. The highest BCUT2D eigenvalue weighted by Crippen LogP contribution is 2.18. The second-order valence-corrected chi connectivity index (χ2v) is 6.77. The molecule has 0 aliphatic carbocycles. The average molecular weight is 443 g/mol. The Kier molecular flexibility index (Phi) is 5.90. The van der Waals surface area contributed by atoms with Gasteiger partial charge < -0.3 is 0 Å². The Morgan fingerprint density at radius 3 is 2.86 bits per heavy atom. The minimum atomic E-state index is -0.774. The highest BCUT2D eigenvalue weighted by molar-refractivity contribution is 9.10. The molecule has 1 N–H and O–H groups in total. The van der Waals surface area contributed by atoms with Crippen LogP contribution in [0.4, 0.5) is 5.69 Å². The molecular weight excluding hydrogens is 428 g/mol. The summed E-state index contributed by atoms with van der Waals surface area (Å²) in [6, 6.07) is 12.8. The summed E-state index contributed by atoms with van der Waals surface area (Å²) in [5.41, 5.74) is 3.78. The summed E-state index contributed by atoms with van der Waals surface area (Å²) >= 11 is 3.37. The fourth-order valence-electron chi connectivity index (χ4n) is 2.46. The molecule has 1 aromatic carbocycles. The Bertz CT molecular complexity index is 1060. The van der Waals surface area contributed by atoms with Crippen molar-refractivity contribution in [1.82, 2.24) is 20.2 Å². The van der Waals surface area contributed by atoms with Gasteiger partial charge in [-0.25, -0.2) is 5.43 Å². The predicted molar refractivity (Wildman–Crippen MR) is 106 cm³/mol. The second kappa shape index (κ2) is 8.53. The van der Waals surface area contributed by atoms with Crippen molar-refractivity contribution in [2.75, 3.05) is 0 Å². The maximum Gasteiger partial charge on any atom is 0.320 e. The van der Waals surface area contributed by atoms with Gasteiger partial charge in [0.25, 0.3) is 5.91 Å². The van der Waals surface area contributed by atoms with Gasteiger partial charge in [0.15, 0.2) is 0 Å². The van der Waals surface area contributed by atoms with Crippen LogP contribution in [0, 0.1) is 17.0 Å². The van der Waals surface area contributed by atoms with Gasteiger partial charge in [0.1, 0.15) is 6.20 Å². The summed E-state index contributed by atoms with van der Waals surface area (Å²) in [5, 5.41) is 19.1. The van der Waals surface area contributed by atoms with Gasteiger partial charge in [-0.05, 0) is 36.8 Å². The van der Waals surface area contributed by atoms with Gasteiger partial charge in [0.05, 0.1) is 23.4 Å². The van der Waals surface area contributed by atoms with Crippen molar-refractivity contribution >= 4 is 33.7 Å². The van der Waals surface area contributed by atoms with E-state index < -0.39 is 16.5 Å². The Morgan fingerprint density at radius 1 is 1.36 bits per heavy atom. The van der Waals surface area contributed by atoms with E-state index in [9.17, 15) is 14.9 Å². The normalized spacial score (nSPS) is 10.9. The van der Waals surface area contributed by atoms with Crippen molar-refractivity contribution in [3.63, 3.8) is 0 Å². The zero-order valence-electron chi connectivity index (χ0n) is 14.7. The van der Waals surface area contributed by atoms with Crippen molar-refractivity contribution < 1.29 is 9.72 Å². The minimum absolute atomic E-state index is 0.282. The van der Waals surface area contributed by atoms with Crippen molar-refractivity contribution in [3.05, 3.63) is 85.9 Å². The minimum Gasteiger partial charge on any atom is -0.265 e. The maximum atomic E-state index is 12.3. The van der Waals surface area contributed by atoms with Gasteiger partial charge in [-0.1, -0.05) is 34.1 Å². The Labute approximate surface area is 168 Å². The van der Waals surface area contributed by atoms with Gasteiger partial charge in [-0.3, -0.25) is 24.6 Å². The van der Waals surface area contributed by atoms with Crippen LogP contribution >= 0.6 is 15.9 Å². The average Bonchev–Trinajstić information content (AvgIpc) is 3.06. The van der Waals surface area contributed by atoms with Crippen LogP contribution in [0.5, 0.6) is 0 Å². The lowest BCUT2D eigenvalue weighted by Crippen LogP contribution is -2.20. The molecule has 0 unspecified atom stereocenters. The third-order valence-electron chi connectivity index (χ3n) is 3.66. The lowest BCUT2D eigenvalue weighted by Gasteiger charge is -2.01. The molecule has 0 saturated carbocycles. The number of nitrogens with zero attached hydrogens (tertiary/aromatic N) is 5. The second-order valence-electron chi connectivity index (χ2n) is 5.85. The zero-order valence-corrected chi connectivity index (χ0v) is 16.3. The molecule has 3 rings (SSSR count). The SMILES string of the molecule is Cc1cccc(C=NNC(=O)c2nn(Cc3cccc(Br)c3)cc2[N+](=O)[O-])n1. The van der Waals surface area contributed by atoms with Gasteiger partial charge in [0.2, 0.25) is 5.69 Å². The molecular formula is C18H15BrN6O3. The first-order valence-corrected chi connectivity index (χ1v) is 8.95. The first-order valence-electron chi connectivity index (χ1n) is 8.16. The summed E-state index contributed by atoms with van der Waals surface area (Å²) in [6.07, 6.45) is 2.58. The van der Waals surface area contributed by atoms with E-state index in [0.29, 0.717) is 5.69 Å². The first-order chi connectivity index (χ1) is 13.4. The van der Waals surface area contributed by atoms with Crippen LogP contribution in [0.15, 0.2) is 58.2 Å². The van der Waals surface area contributed by atoms with E-state index in [4.69, 9.17) is 0 Å². The Hall–Kier alpha value is -3.40. The largest absolute Gasteiger partial charge is 0.320 e. The van der Waals surface area contributed by atoms with E-state index in [1.165, 1.54) is 17.1 Å². The number of hydrogen-bond donors (Lipinski definition) is 1. The molecule has 9 nitrogen and oxygen atoms in total.